The van der Waals surface area contributed by atoms with Crippen LogP contribution in [0.2, 0.25) is 0 Å². The first-order chi connectivity index (χ1) is 9.02. The summed E-state index contributed by atoms with van der Waals surface area (Å²) in [6.45, 7) is 2.03. The molecule has 0 bridgehead atoms. The number of hydrogen-bond acceptors (Lipinski definition) is 4. The summed E-state index contributed by atoms with van der Waals surface area (Å²) >= 11 is 0. The van der Waals surface area contributed by atoms with Gasteiger partial charge < -0.3 is 9.64 Å². The van der Waals surface area contributed by atoms with Gasteiger partial charge in [-0.25, -0.2) is 4.79 Å². The number of carbonyl (C=O) groups is 2. The number of amides is 1. The van der Waals surface area contributed by atoms with E-state index in [9.17, 15) is 9.59 Å². The molecule has 1 N–H and O–H groups in total. The summed E-state index contributed by atoms with van der Waals surface area (Å²) in [5.41, 5.74) is 1.04. The molecule has 0 aliphatic carbocycles. The minimum atomic E-state index is -0.532. The Bertz CT molecular complexity index is 481. The molecule has 0 radical (unpaired) electrons. The number of nitrogens with zero attached hydrogens (tertiary/aromatic N) is 1. The maximum Gasteiger partial charge on any atom is 0.411 e. The molecule has 0 unspecified atom stereocenters. The molecule has 1 rings (SSSR count). The van der Waals surface area contributed by atoms with E-state index >= 15 is 0 Å². The minimum Gasteiger partial charge on any atom is -0.450 e. The van der Waals surface area contributed by atoms with Crippen molar-refractivity contribution in [1.29, 1.82) is 0 Å². The van der Waals surface area contributed by atoms with Crippen LogP contribution in [-0.4, -0.2) is 37.5 Å². The Hall–Kier alpha value is -2.30. The van der Waals surface area contributed by atoms with Gasteiger partial charge in [-0.2, -0.15) is 0 Å². The molecule has 0 fully saturated rings. The predicted octanol–water partition coefficient (Wildman–Crippen LogP) is 2.51. The first-order valence-electron chi connectivity index (χ1n) is 5.95. The predicted molar refractivity (Wildman–Crippen MR) is 74.2 cm³/mol. The van der Waals surface area contributed by atoms with Crippen molar-refractivity contribution in [3.05, 3.63) is 42.1 Å². The maximum atomic E-state index is 11.9. The van der Waals surface area contributed by atoms with Crippen LogP contribution in [0.15, 0.2) is 36.5 Å². The van der Waals surface area contributed by atoms with E-state index in [1.807, 2.05) is 14.1 Å². The zero-order valence-electron chi connectivity index (χ0n) is 11.3. The Morgan fingerprint density at radius 1 is 1.37 bits per heavy atom. The van der Waals surface area contributed by atoms with Gasteiger partial charge in [0.15, 0.2) is 5.78 Å². The van der Waals surface area contributed by atoms with Gasteiger partial charge in [0, 0.05) is 37.6 Å². The molecule has 0 aliphatic heterocycles. The molecular formula is C14H18N2O3. The van der Waals surface area contributed by atoms with Crippen LogP contribution in [-0.2, 0) is 4.74 Å². The first kappa shape index (κ1) is 14.8. The summed E-state index contributed by atoms with van der Waals surface area (Å²) in [7, 11) is 3.67. The molecule has 0 heterocycles. The van der Waals surface area contributed by atoms with E-state index in [0.29, 0.717) is 17.9 Å². The topological polar surface area (TPSA) is 58.6 Å². The summed E-state index contributed by atoms with van der Waals surface area (Å²) in [6, 6.07) is 6.71. The Kier molecular flexibility index (Phi) is 5.60. The standard InChI is InChI=1S/C14H18N2O3/c1-4-19-14(18)15-12-7-5-6-11(10-12)13(17)8-9-16(2)3/h5-10H,4H2,1-3H3,(H,15,18). The molecule has 1 amide bonds. The molecular weight excluding hydrogens is 244 g/mol. The smallest absolute Gasteiger partial charge is 0.411 e. The second-order valence-corrected chi connectivity index (χ2v) is 4.07. The van der Waals surface area contributed by atoms with Crippen LogP contribution in [0, 0.1) is 0 Å². The van der Waals surface area contributed by atoms with E-state index in [0.717, 1.165) is 0 Å². The van der Waals surface area contributed by atoms with E-state index < -0.39 is 6.09 Å². The van der Waals surface area contributed by atoms with Gasteiger partial charge in [0.05, 0.1) is 6.61 Å². The fourth-order valence-corrected chi connectivity index (χ4v) is 1.35. The lowest BCUT2D eigenvalue weighted by Gasteiger charge is -2.06. The number of ether oxygens (including phenoxy) is 1. The van der Waals surface area contributed by atoms with Gasteiger partial charge >= 0.3 is 6.09 Å². The monoisotopic (exact) mass is 262 g/mol. The number of ketones is 1. The van der Waals surface area contributed by atoms with E-state index in [4.69, 9.17) is 4.74 Å². The molecule has 0 saturated carbocycles. The maximum absolute atomic E-state index is 11.9. The zero-order valence-corrected chi connectivity index (χ0v) is 11.3. The lowest BCUT2D eigenvalue weighted by atomic mass is 10.1. The zero-order chi connectivity index (χ0) is 14.3. The van der Waals surface area contributed by atoms with Crippen molar-refractivity contribution < 1.29 is 14.3 Å². The summed E-state index contributed by atoms with van der Waals surface area (Å²) in [5, 5.41) is 2.56. The van der Waals surface area contributed by atoms with Crippen molar-refractivity contribution in [3.63, 3.8) is 0 Å². The second-order valence-electron chi connectivity index (χ2n) is 4.07. The Labute approximate surface area is 112 Å². The molecule has 5 nitrogen and oxygen atoms in total. The fraction of sp³-hybridized carbons (Fsp3) is 0.286. The van der Waals surface area contributed by atoms with Gasteiger partial charge in [0.25, 0.3) is 0 Å². The number of allylic oxidation sites excluding steroid dienone is 1. The minimum absolute atomic E-state index is 0.124. The molecule has 0 spiro atoms. The average Bonchev–Trinajstić information content (AvgIpc) is 2.36. The van der Waals surface area contributed by atoms with Gasteiger partial charge in [0.1, 0.15) is 0 Å². The summed E-state index contributed by atoms with van der Waals surface area (Å²) in [4.78, 5) is 24.9. The second kappa shape index (κ2) is 7.20. The number of hydrogen-bond donors (Lipinski definition) is 1. The van der Waals surface area contributed by atoms with Crippen LogP contribution in [0.3, 0.4) is 0 Å². The van der Waals surface area contributed by atoms with Crippen molar-refractivity contribution >= 4 is 17.6 Å². The molecule has 1 aromatic rings. The van der Waals surface area contributed by atoms with Gasteiger partial charge in [-0.3, -0.25) is 10.1 Å². The third kappa shape index (κ3) is 5.25. The van der Waals surface area contributed by atoms with Crippen molar-refractivity contribution in [2.24, 2.45) is 0 Å². The number of nitrogens with one attached hydrogen (secondary N) is 1. The Morgan fingerprint density at radius 3 is 2.74 bits per heavy atom. The van der Waals surface area contributed by atoms with Crippen LogP contribution in [0.4, 0.5) is 10.5 Å². The fourth-order valence-electron chi connectivity index (χ4n) is 1.35. The van der Waals surface area contributed by atoms with E-state index in [2.05, 4.69) is 5.32 Å². The highest BCUT2D eigenvalue weighted by Crippen LogP contribution is 2.12. The van der Waals surface area contributed by atoms with Crippen LogP contribution in [0.1, 0.15) is 17.3 Å². The van der Waals surface area contributed by atoms with E-state index in [1.54, 1.807) is 42.3 Å². The number of carbonyl (C=O) groups excluding carboxylic acids is 2. The number of benzene rings is 1. The number of anilines is 1. The molecule has 1 aromatic carbocycles. The van der Waals surface area contributed by atoms with Crippen LogP contribution >= 0.6 is 0 Å². The summed E-state index contributed by atoms with van der Waals surface area (Å²) < 4.78 is 4.77. The third-order valence-electron chi connectivity index (χ3n) is 2.19. The highest BCUT2D eigenvalue weighted by atomic mass is 16.5. The Balaban J connectivity index is 2.76. The molecule has 5 heteroatoms. The van der Waals surface area contributed by atoms with E-state index in [1.165, 1.54) is 6.08 Å². The molecule has 19 heavy (non-hydrogen) atoms. The van der Waals surface area contributed by atoms with Gasteiger partial charge in [0.2, 0.25) is 0 Å². The lowest BCUT2D eigenvalue weighted by Crippen LogP contribution is -2.13. The average molecular weight is 262 g/mol. The summed E-state index contributed by atoms with van der Waals surface area (Å²) in [6.07, 6.45) is 2.62. The molecule has 0 saturated heterocycles. The van der Waals surface area contributed by atoms with Gasteiger partial charge in [-0.1, -0.05) is 12.1 Å². The molecule has 0 aromatic heterocycles. The van der Waals surface area contributed by atoms with Crippen molar-refractivity contribution in [2.75, 3.05) is 26.0 Å². The van der Waals surface area contributed by atoms with Gasteiger partial charge in [-0.15, -0.1) is 0 Å². The molecule has 0 aliphatic rings. The SMILES string of the molecule is CCOC(=O)Nc1cccc(C(=O)C=CN(C)C)c1. The quantitative estimate of drug-likeness (QED) is 0.654. The van der Waals surface area contributed by atoms with Crippen molar-refractivity contribution in [2.45, 2.75) is 6.92 Å². The van der Waals surface area contributed by atoms with Crippen molar-refractivity contribution in [1.82, 2.24) is 4.90 Å². The molecule has 102 valence electrons. The van der Waals surface area contributed by atoms with E-state index in [-0.39, 0.29) is 5.78 Å². The van der Waals surface area contributed by atoms with Crippen LogP contribution in [0.25, 0.3) is 0 Å². The van der Waals surface area contributed by atoms with Crippen molar-refractivity contribution in [3.8, 4) is 0 Å². The Morgan fingerprint density at radius 2 is 2.11 bits per heavy atom. The highest BCUT2D eigenvalue weighted by Gasteiger charge is 2.05. The summed E-state index contributed by atoms with van der Waals surface area (Å²) in [5.74, 6) is -0.124. The largest absolute Gasteiger partial charge is 0.450 e. The highest BCUT2D eigenvalue weighted by molar-refractivity contribution is 6.05. The van der Waals surface area contributed by atoms with Crippen LogP contribution < -0.4 is 5.32 Å². The molecule has 0 atom stereocenters. The van der Waals surface area contributed by atoms with Crippen LogP contribution in [0.5, 0.6) is 0 Å². The lowest BCUT2D eigenvalue weighted by molar-refractivity contribution is 0.104. The third-order valence-corrected chi connectivity index (χ3v) is 2.19. The first-order valence-corrected chi connectivity index (χ1v) is 5.95. The normalized spacial score (nSPS) is 10.3. The number of rotatable bonds is 5. The van der Waals surface area contributed by atoms with Gasteiger partial charge in [-0.05, 0) is 19.1 Å².